The van der Waals surface area contributed by atoms with Crippen LogP contribution in [0.5, 0.6) is 17.2 Å². The van der Waals surface area contributed by atoms with E-state index in [2.05, 4.69) is 15.0 Å². The van der Waals surface area contributed by atoms with Crippen molar-refractivity contribution in [2.45, 2.75) is 6.61 Å². The number of carbonyl (C=O) groups excluding carboxylic acids is 1. The number of alkyl halides is 2. The molecular weight excluding hydrogens is 390 g/mol. The number of rotatable bonds is 7. The molecule has 1 amide bonds. The van der Waals surface area contributed by atoms with Crippen molar-refractivity contribution in [1.29, 1.82) is 0 Å². The highest BCUT2D eigenvalue weighted by molar-refractivity contribution is 7.14. The number of amides is 1. The van der Waals surface area contributed by atoms with Gasteiger partial charge >= 0.3 is 6.61 Å². The summed E-state index contributed by atoms with van der Waals surface area (Å²) in [4.78, 5) is 16.9. The Hall–Kier alpha value is -3.20. The summed E-state index contributed by atoms with van der Waals surface area (Å²) in [5.74, 6) is 0.420. The highest BCUT2D eigenvalue weighted by atomic mass is 32.1. The van der Waals surface area contributed by atoms with E-state index < -0.39 is 12.5 Å². The normalized spacial score (nSPS) is 10.6. The first kappa shape index (κ1) is 19.6. The predicted molar refractivity (Wildman–Crippen MR) is 102 cm³/mol. The van der Waals surface area contributed by atoms with Gasteiger partial charge in [-0.15, -0.1) is 11.3 Å². The fraction of sp³-hybridized carbons (Fsp3) is 0.158. The molecule has 6 nitrogen and oxygen atoms in total. The molecule has 0 aliphatic carbocycles. The number of benzene rings is 2. The number of methoxy groups -OCH3 is 2. The van der Waals surface area contributed by atoms with Gasteiger partial charge in [0.1, 0.15) is 17.2 Å². The van der Waals surface area contributed by atoms with Crippen LogP contribution in [0.2, 0.25) is 0 Å². The Bertz CT molecular complexity index is 978. The molecule has 0 aliphatic rings. The van der Waals surface area contributed by atoms with Gasteiger partial charge in [-0.2, -0.15) is 8.78 Å². The second-order valence-electron chi connectivity index (χ2n) is 5.43. The van der Waals surface area contributed by atoms with Crippen LogP contribution >= 0.6 is 11.3 Å². The zero-order valence-corrected chi connectivity index (χ0v) is 15.8. The van der Waals surface area contributed by atoms with Crippen LogP contribution in [0.15, 0.2) is 47.8 Å². The molecule has 146 valence electrons. The lowest BCUT2D eigenvalue weighted by molar-refractivity contribution is -0.0501. The number of carbonyl (C=O) groups is 1. The summed E-state index contributed by atoms with van der Waals surface area (Å²) in [6.07, 6.45) is 0. The molecule has 28 heavy (non-hydrogen) atoms. The first-order valence-corrected chi connectivity index (χ1v) is 8.93. The van der Waals surface area contributed by atoms with Gasteiger partial charge in [-0.05, 0) is 30.3 Å². The van der Waals surface area contributed by atoms with Crippen molar-refractivity contribution < 1.29 is 27.8 Å². The molecule has 0 unspecified atom stereocenters. The lowest BCUT2D eigenvalue weighted by Crippen LogP contribution is -2.14. The summed E-state index contributed by atoms with van der Waals surface area (Å²) in [6.45, 7) is -3.03. The van der Waals surface area contributed by atoms with E-state index in [1.54, 1.807) is 43.9 Å². The molecular formula is C19H16F2N2O4S. The van der Waals surface area contributed by atoms with Crippen molar-refractivity contribution in [2.75, 3.05) is 19.5 Å². The molecule has 0 saturated carbocycles. The molecule has 0 spiro atoms. The van der Waals surface area contributed by atoms with Crippen molar-refractivity contribution in [3.8, 4) is 28.5 Å². The van der Waals surface area contributed by atoms with E-state index in [0.29, 0.717) is 27.9 Å². The second kappa shape index (κ2) is 8.66. The average molecular weight is 406 g/mol. The number of aromatic nitrogens is 1. The van der Waals surface area contributed by atoms with Crippen LogP contribution in [0.1, 0.15) is 10.4 Å². The van der Waals surface area contributed by atoms with Crippen LogP contribution in [0.25, 0.3) is 11.3 Å². The molecule has 1 N–H and O–H groups in total. The summed E-state index contributed by atoms with van der Waals surface area (Å²) < 4.78 is 40.0. The van der Waals surface area contributed by atoms with E-state index in [0.717, 1.165) is 0 Å². The largest absolute Gasteiger partial charge is 0.497 e. The number of thiazole rings is 1. The minimum atomic E-state index is -3.03. The maximum atomic E-state index is 12.5. The molecule has 9 heteroatoms. The number of hydrogen-bond acceptors (Lipinski definition) is 6. The van der Waals surface area contributed by atoms with Crippen LogP contribution in [0, 0.1) is 0 Å². The summed E-state index contributed by atoms with van der Waals surface area (Å²) in [5, 5.41) is 4.65. The van der Waals surface area contributed by atoms with Crippen LogP contribution in [0.3, 0.4) is 0 Å². The summed E-state index contributed by atoms with van der Waals surface area (Å²) in [6, 6.07) is 11.0. The Labute approximate surface area is 163 Å². The molecule has 0 bridgehead atoms. The molecule has 1 aromatic heterocycles. The van der Waals surface area contributed by atoms with E-state index in [1.165, 1.54) is 29.5 Å². The maximum absolute atomic E-state index is 12.5. The molecule has 3 rings (SSSR count). The summed E-state index contributed by atoms with van der Waals surface area (Å²) >= 11 is 1.19. The van der Waals surface area contributed by atoms with E-state index in [9.17, 15) is 13.6 Å². The van der Waals surface area contributed by atoms with E-state index in [4.69, 9.17) is 9.47 Å². The Kier molecular flexibility index (Phi) is 6.05. The van der Waals surface area contributed by atoms with E-state index in [1.807, 2.05) is 0 Å². The van der Waals surface area contributed by atoms with Crippen LogP contribution in [-0.2, 0) is 0 Å². The third kappa shape index (κ3) is 4.37. The quantitative estimate of drug-likeness (QED) is 0.617. The number of nitrogens with one attached hydrogen (secondary N) is 1. The third-order valence-corrected chi connectivity index (χ3v) is 4.51. The fourth-order valence-electron chi connectivity index (χ4n) is 2.49. The lowest BCUT2D eigenvalue weighted by Gasteiger charge is -2.10. The zero-order chi connectivity index (χ0) is 20.1. The number of ether oxygens (including phenoxy) is 3. The van der Waals surface area contributed by atoms with Gasteiger partial charge in [0.15, 0.2) is 5.13 Å². The fourth-order valence-corrected chi connectivity index (χ4v) is 3.19. The van der Waals surface area contributed by atoms with Crippen LogP contribution in [-0.4, -0.2) is 31.7 Å². The monoisotopic (exact) mass is 406 g/mol. The second-order valence-corrected chi connectivity index (χ2v) is 6.29. The van der Waals surface area contributed by atoms with E-state index in [-0.39, 0.29) is 11.3 Å². The van der Waals surface area contributed by atoms with Crippen LogP contribution in [0.4, 0.5) is 13.9 Å². The van der Waals surface area contributed by atoms with Gasteiger partial charge in [0.25, 0.3) is 5.91 Å². The van der Waals surface area contributed by atoms with Gasteiger partial charge in [0.05, 0.1) is 25.5 Å². The van der Waals surface area contributed by atoms with Crippen LogP contribution < -0.4 is 19.5 Å². The topological polar surface area (TPSA) is 69.7 Å². The first-order valence-electron chi connectivity index (χ1n) is 8.05. The molecule has 2 aromatic carbocycles. The average Bonchev–Trinajstić information content (AvgIpc) is 3.15. The molecule has 0 aliphatic heterocycles. The van der Waals surface area contributed by atoms with Crippen molar-refractivity contribution in [3.63, 3.8) is 0 Å². The number of para-hydroxylation sites is 1. The predicted octanol–water partition coefficient (Wildman–Crippen LogP) is 4.68. The van der Waals surface area contributed by atoms with Gasteiger partial charge in [0.2, 0.25) is 0 Å². The van der Waals surface area contributed by atoms with Crippen molar-refractivity contribution in [2.24, 2.45) is 0 Å². The number of anilines is 1. The minimum Gasteiger partial charge on any atom is -0.497 e. The molecule has 1 heterocycles. The SMILES string of the molecule is COc1ccc(OC)c(-c2csc(NC(=O)c3ccccc3OC(F)F)n2)c1. The summed E-state index contributed by atoms with van der Waals surface area (Å²) in [7, 11) is 3.09. The van der Waals surface area contributed by atoms with Gasteiger partial charge in [-0.3, -0.25) is 10.1 Å². The molecule has 0 radical (unpaired) electrons. The van der Waals surface area contributed by atoms with Crippen molar-refractivity contribution >= 4 is 22.4 Å². The maximum Gasteiger partial charge on any atom is 0.387 e. The Morgan fingerprint density at radius 2 is 1.89 bits per heavy atom. The van der Waals surface area contributed by atoms with Gasteiger partial charge in [-0.25, -0.2) is 4.98 Å². The van der Waals surface area contributed by atoms with Crippen molar-refractivity contribution in [1.82, 2.24) is 4.98 Å². The van der Waals surface area contributed by atoms with Gasteiger partial charge in [0, 0.05) is 10.9 Å². The van der Waals surface area contributed by atoms with E-state index >= 15 is 0 Å². The Morgan fingerprint density at radius 1 is 1.11 bits per heavy atom. The first-order chi connectivity index (χ1) is 13.5. The zero-order valence-electron chi connectivity index (χ0n) is 14.9. The van der Waals surface area contributed by atoms with Gasteiger partial charge < -0.3 is 14.2 Å². The Morgan fingerprint density at radius 3 is 2.61 bits per heavy atom. The lowest BCUT2D eigenvalue weighted by atomic mass is 10.1. The minimum absolute atomic E-state index is 0.0153. The molecule has 0 saturated heterocycles. The standard InChI is InChI=1S/C19H16F2N2O4S/c1-25-11-7-8-15(26-2)13(9-11)14-10-28-19(22-14)23-17(24)12-5-3-4-6-16(12)27-18(20)21/h3-10,18H,1-2H3,(H,22,23,24). The smallest absolute Gasteiger partial charge is 0.387 e. The number of nitrogens with zero attached hydrogens (tertiary/aromatic N) is 1. The molecule has 0 atom stereocenters. The van der Waals surface area contributed by atoms with Crippen molar-refractivity contribution in [3.05, 3.63) is 53.4 Å². The third-order valence-electron chi connectivity index (χ3n) is 3.75. The highest BCUT2D eigenvalue weighted by Gasteiger charge is 2.18. The Balaban J connectivity index is 1.84. The molecule has 0 fully saturated rings. The summed E-state index contributed by atoms with van der Waals surface area (Å²) in [5.41, 5.74) is 1.26. The van der Waals surface area contributed by atoms with Gasteiger partial charge in [-0.1, -0.05) is 12.1 Å². The highest BCUT2D eigenvalue weighted by Crippen LogP contribution is 2.35. The number of halogens is 2. The molecule has 3 aromatic rings. The number of hydrogen-bond donors (Lipinski definition) is 1.